The number of hydrogen-bond donors (Lipinski definition) is 0. The molecule has 0 amide bonds. The molecule has 0 atom stereocenters. The molecule has 0 aliphatic heterocycles. The van der Waals surface area contributed by atoms with Gasteiger partial charge in [0.2, 0.25) is 0 Å². The molecule has 3 heterocycles. The maximum absolute atomic E-state index is 4.72. The lowest BCUT2D eigenvalue weighted by atomic mass is 9.87. The molecule has 4 heteroatoms. The molecule has 0 N–H and O–H groups in total. The fraction of sp³-hybridized carbons (Fsp3) is 0. The maximum Gasteiger partial charge on any atom is 0.138 e. The summed E-state index contributed by atoms with van der Waals surface area (Å²) in [5, 5.41) is 4.79. The van der Waals surface area contributed by atoms with Crippen LogP contribution in [0.15, 0.2) is 146 Å². The van der Waals surface area contributed by atoms with Crippen molar-refractivity contribution in [1.29, 1.82) is 0 Å². The van der Waals surface area contributed by atoms with E-state index in [2.05, 4.69) is 93.7 Å². The van der Waals surface area contributed by atoms with Crippen molar-refractivity contribution < 1.29 is 0 Å². The van der Waals surface area contributed by atoms with Crippen LogP contribution < -0.4 is 4.90 Å². The maximum atomic E-state index is 4.72. The SMILES string of the molecule is c1ccc(-c2c3ccccc3c(-c3ccc(N(c4ccccn4)c4ccccn4)cc3)c3ccccc23)nc1. The lowest BCUT2D eigenvalue weighted by Crippen LogP contribution is -2.12. The molecule has 0 aliphatic rings. The van der Waals surface area contributed by atoms with Crippen LogP contribution in [0.2, 0.25) is 0 Å². The van der Waals surface area contributed by atoms with Gasteiger partial charge in [0, 0.05) is 29.8 Å². The Labute approximate surface area is 226 Å². The van der Waals surface area contributed by atoms with Crippen molar-refractivity contribution in [2.45, 2.75) is 0 Å². The molecule has 4 nitrogen and oxygen atoms in total. The Morgan fingerprint density at radius 1 is 0.385 bits per heavy atom. The molecule has 4 aromatic carbocycles. The smallest absolute Gasteiger partial charge is 0.138 e. The Hall–Kier alpha value is -5.35. The van der Waals surface area contributed by atoms with Crippen molar-refractivity contribution in [1.82, 2.24) is 15.0 Å². The predicted octanol–water partition coefficient (Wildman–Crippen LogP) is 8.98. The van der Waals surface area contributed by atoms with Gasteiger partial charge in [-0.05, 0) is 81.2 Å². The summed E-state index contributed by atoms with van der Waals surface area (Å²) in [5.74, 6) is 1.64. The van der Waals surface area contributed by atoms with Crippen LogP contribution in [-0.4, -0.2) is 15.0 Å². The van der Waals surface area contributed by atoms with E-state index in [1.165, 1.54) is 32.7 Å². The minimum absolute atomic E-state index is 0.819. The standard InChI is InChI=1S/C35H24N4/c1-3-13-29-27(11-1)34(28-12-2-4-14-30(28)35(29)31-15-5-8-22-36-31)25-18-20-26(21-19-25)39(32-16-6-9-23-37-32)33-17-7-10-24-38-33/h1-24H. The minimum atomic E-state index is 0.819. The van der Waals surface area contributed by atoms with E-state index in [1.54, 1.807) is 12.4 Å². The number of benzene rings is 4. The number of hydrogen-bond acceptors (Lipinski definition) is 4. The van der Waals surface area contributed by atoms with Gasteiger partial charge in [0.05, 0.1) is 5.69 Å². The quantitative estimate of drug-likeness (QED) is 0.221. The molecule has 0 radical (unpaired) electrons. The van der Waals surface area contributed by atoms with Gasteiger partial charge in [-0.15, -0.1) is 0 Å². The first kappa shape index (κ1) is 22.8. The topological polar surface area (TPSA) is 41.9 Å². The largest absolute Gasteiger partial charge is 0.279 e. The molecule has 0 saturated carbocycles. The third-order valence-corrected chi connectivity index (χ3v) is 7.02. The molecule has 39 heavy (non-hydrogen) atoms. The zero-order valence-corrected chi connectivity index (χ0v) is 21.1. The second-order valence-corrected chi connectivity index (χ2v) is 9.31. The summed E-state index contributed by atoms with van der Waals surface area (Å²) >= 11 is 0. The molecule has 0 spiro atoms. The van der Waals surface area contributed by atoms with Crippen LogP contribution in [-0.2, 0) is 0 Å². The van der Waals surface area contributed by atoms with Crippen molar-refractivity contribution in [2.75, 3.05) is 4.90 Å². The molecule has 0 bridgehead atoms. The highest BCUT2D eigenvalue weighted by molar-refractivity contribution is 6.21. The lowest BCUT2D eigenvalue weighted by molar-refractivity contribution is 1.13. The Morgan fingerprint density at radius 2 is 0.846 bits per heavy atom. The third kappa shape index (κ3) is 4.09. The van der Waals surface area contributed by atoms with Crippen LogP contribution in [0.3, 0.4) is 0 Å². The Morgan fingerprint density at radius 3 is 1.31 bits per heavy atom. The van der Waals surface area contributed by atoms with Gasteiger partial charge < -0.3 is 0 Å². The summed E-state index contributed by atoms with van der Waals surface area (Å²) in [6.07, 6.45) is 5.47. The molecular weight excluding hydrogens is 476 g/mol. The first-order chi connectivity index (χ1) is 19.4. The van der Waals surface area contributed by atoms with Crippen molar-refractivity contribution in [2.24, 2.45) is 0 Å². The predicted molar refractivity (Wildman–Crippen MR) is 160 cm³/mol. The van der Waals surface area contributed by atoms with Crippen LogP contribution >= 0.6 is 0 Å². The van der Waals surface area contributed by atoms with Crippen molar-refractivity contribution in [3.05, 3.63) is 146 Å². The first-order valence-corrected chi connectivity index (χ1v) is 13.0. The summed E-state index contributed by atoms with van der Waals surface area (Å²) in [4.78, 5) is 16.0. The van der Waals surface area contributed by atoms with E-state index in [4.69, 9.17) is 4.98 Å². The number of fused-ring (bicyclic) bond motifs is 2. The molecule has 0 aliphatic carbocycles. The van der Waals surface area contributed by atoms with Crippen LogP contribution in [0.1, 0.15) is 0 Å². The first-order valence-electron chi connectivity index (χ1n) is 13.0. The monoisotopic (exact) mass is 500 g/mol. The van der Waals surface area contributed by atoms with Gasteiger partial charge in [-0.1, -0.05) is 78.9 Å². The second kappa shape index (κ2) is 9.84. The van der Waals surface area contributed by atoms with E-state index in [0.717, 1.165) is 28.6 Å². The fourth-order valence-electron chi connectivity index (χ4n) is 5.36. The zero-order chi connectivity index (χ0) is 26.0. The summed E-state index contributed by atoms with van der Waals surface area (Å²) in [7, 11) is 0. The van der Waals surface area contributed by atoms with Gasteiger partial charge in [0.25, 0.3) is 0 Å². The van der Waals surface area contributed by atoms with E-state index < -0.39 is 0 Å². The van der Waals surface area contributed by atoms with Crippen molar-refractivity contribution in [3.8, 4) is 22.4 Å². The molecule has 3 aromatic heterocycles. The van der Waals surface area contributed by atoms with E-state index in [-0.39, 0.29) is 0 Å². The van der Waals surface area contributed by atoms with Gasteiger partial charge in [-0.3, -0.25) is 9.88 Å². The highest BCUT2D eigenvalue weighted by atomic mass is 15.2. The summed E-state index contributed by atoms with van der Waals surface area (Å²) in [6, 6.07) is 43.9. The summed E-state index contributed by atoms with van der Waals surface area (Å²) in [5.41, 5.74) is 5.51. The molecule has 184 valence electrons. The average Bonchev–Trinajstić information content (AvgIpc) is 3.02. The van der Waals surface area contributed by atoms with Gasteiger partial charge in [0.1, 0.15) is 11.6 Å². The van der Waals surface area contributed by atoms with Gasteiger partial charge in [0.15, 0.2) is 0 Å². The van der Waals surface area contributed by atoms with E-state index >= 15 is 0 Å². The van der Waals surface area contributed by atoms with Crippen LogP contribution in [0.4, 0.5) is 17.3 Å². The van der Waals surface area contributed by atoms with Crippen LogP contribution in [0, 0.1) is 0 Å². The summed E-state index contributed by atoms with van der Waals surface area (Å²) < 4.78 is 0. The van der Waals surface area contributed by atoms with Crippen molar-refractivity contribution in [3.63, 3.8) is 0 Å². The van der Waals surface area contributed by atoms with Crippen molar-refractivity contribution >= 4 is 38.9 Å². The number of pyridine rings is 3. The average molecular weight is 501 g/mol. The molecule has 0 unspecified atom stereocenters. The highest BCUT2D eigenvalue weighted by Crippen LogP contribution is 2.43. The number of anilines is 3. The van der Waals surface area contributed by atoms with Gasteiger partial charge in [-0.25, -0.2) is 9.97 Å². The summed E-state index contributed by atoms with van der Waals surface area (Å²) in [6.45, 7) is 0. The van der Waals surface area contributed by atoms with E-state index in [1.807, 2.05) is 54.7 Å². The molecule has 7 aromatic rings. The molecule has 0 saturated heterocycles. The van der Waals surface area contributed by atoms with Crippen LogP contribution in [0.25, 0.3) is 43.9 Å². The number of rotatable bonds is 5. The minimum Gasteiger partial charge on any atom is -0.279 e. The Balaban J connectivity index is 1.43. The van der Waals surface area contributed by atoms with E-state index in [0.29, 0.717) is 0 Å². The number of nitrogens with zero attached hydrogens (tertiary/aromatic N) is 4. The van der Waals surface area contributed by atoms with E-state index in [9.17, 15) is 0 Å². The lowest BCUT2D eigenvalue weighted by Gasteiger charge is -2.23. The zero-order valence-electron chi connectivity index (χ0n) is 21.1. The second-order valence-electron chi connectivity index (χ2n) is 9.31. The fourth-order valence-corrected chi connectivity index (χ4v) is 5.36. The Bertz CT molecular complexity index is 1790. The molecular formula is C35H24N4. The molecule has 0 fully saturated rings. The highest BCUT2D eigenvalue weighted by Gasteiger charge is 2.18. The third-order valence-electron chi connectivity index (χ3n) is 7.02. The Kier molecular flexibility index (Phi) is 5.76. The van der Waals surface area contributed by atoms with Gasteiger partial charge in [-0.2, -0.15) is 0 Å². The van der Waals surface area contributed by atoms with Gasteiger partial charge >= 0.3 is 0 Å². The van der Waals surface area contributed by atoms with Crippen LogP contribution in [0.5, 0.6) is 0 Å². The number of aromatic nitrogens is 3. The molecule has 7 rings (SSSR count). The normalized spacial score (nSPS) is 11.1.